The van der Waals surface area contributed by atoms with Crippen molar-refractivity contribution in [3.05, 3.63) is 0 Å². The first kappa shape index (κ1) is 0.988. The SMILES string of the molecule is [2H]C1([2H])CCCC1([2H])[2H]. The van der Waals surface area contributed by atoms with Crippen LogP contribution in [0.5, 0.6) is 0 Å². The normalized spacial score (nSPS) is 56.0. The maximum Gasteiger partial charge on any atom is 0.0267 e. The second-order valence-electron chi connectivity index (χ2n) is 1.21. The molecule has 0 heterocycles. The highest BCUT2D eigenvalue weighted by atomic mass is 14.0. The van der Waals surface area contributed by atoms with Crippen LogP contribution < -0.4 is 0 Å². The first-order valence-corrected chi connectivity index (χ1v) is 1.96. The minimum atomic E-state index is -1.58. The van der Waals surface area contributed by atoms with E-state index in [1.54, 1.807) is 0 Å². The van der Waals surface area contributed by atoms with Gasteiger partial charge in [-0.1, -0.05) is 32.0 Å². The van der Waals surface area contributed by atoms with Crippen LogP contribution in [0.3, 0.4) is 0 Å². The lowest BCUT2D eigenvalue weighted by Gasteiger charge is -1.67. The van der Waals surface area contributed by atoms with Crippen LogP contribution in [-0.2, 0) is 0 Å². The van der Waals surface area contributed by atoms with Crippen molar-refractivity contribution in [2.75, 3.05) is 0 Å². The molecule has 1 rings (SSSR count). The Labute approximate surface area is 38.8 Å². The molecular weight excluding hydrogens is 60.1 g/mol. The van der Waals surface area contributed by atoms with Crippen molar-refractivity contribution in [1.82, 2.24) is 0 Å². The Kier molecular flexibility index (Phi) is 0.284. The summed E-state index contributed by atoms with van der Waals surface area (Å²) in [6.07, 6.45) is -1.72. The van der Waals surface area contributed by atoms with E-state index < -0.39 is 12.7 Å². The van der Waals surface area contributed by atoms with Crippen LogP contribution in [0.4, 0.5) is 0 Å². The van der Waals surface area contributed by atoms with Crippen molar-refractivity contribution in [3.63, 3.8) is 0 Å². The Morgan fingerprint density at radius 1 is 1.00 bits per heavy atom. The molecule has 0 atom stereocenters. The third-order valence-corrected chi connectivity index (χ3v) is 0.729. The molecule has 0 aromatic rings. The topological polar surface area (TPSA) is 0 Å². The van der Waals surface area contributed by atoms with Crippen molar-refractivity contribution in [3.8, 4) is 0 Å². The summed E-state index contributed by atoms with van der Waals surface area (Å²) in [5, 5.41) is 0. The molecule has 1 aliphatic rings. The number of hydrogen-bond acceptors (Lipinski definition) is 0. The number of hydrogen-bond donors (Lipinski definition) is 0. The average molecular weight is 74.2 g/mol. The van der Waals surface area contributed by atoms with Crippen molar-refractivity contribution in [1.29, 1.82) is 0 Å². The van der Waals surface area contributed by atoms with Crippen LogP contribution in [0.25, 0.3) is 0 Å². The molecular formula is C5H10. The molecule has 5 heavy (non-hydrogen) atoms. The lowest BCUT2D eigenvalue weighted by atomic mass is 10.4. The Morgan fingerprint density at radius 3 is 1.80 bits per heavy atom. The summed E-state index contributed by atoms with van der Waals surface area (Å²) in [5.41, 5.74) is 0. The predicted octanol–water partition coefficient (Wildman–Crippen LogP) is 1.95. The van der Waals surface area contributed by atoms with Gasteiger partial charge in [0.1, 0.15) is 0 Å². The van der Waals surface area contributed by atoms with E-state index >= 15 is 0 Å². The maximum absolute atomic E-state index is 7.18. The number of rotatable bonds is 0. The standard InChI is InChI=1S/C5H10/c1-2-4-5-3-1/h1-5H2/i1D2,2D2. The molecule has 0 aromatic carbocycles. The predicted molar refractivity (Wildman–Crippen MR) is 23.1 cm³/mol. The monoisotopic (exact) mass is 74.1 g/mol. The molecule has 0 aliphatic heterocycles. The van der Waals surface area contributed by atoms with Gasteiger partial charge in [-0.3, -0.25) is 0 Å². The zero-order chi connectivity index (χ0) is 7.12. The molecule has 0 amide bonds. The Morgan fingerprint density at radius 2 is 1.60 bits per heavy atom. The molecule has 0 unspecified atom stereocenters. The quantitative estimate of drug-likeness (QED) is 0.412. The summed E-state index contributed by atoms with van der Waals surface area (Å²) in [6.45, 7) is 0. The van der Waals surface area contributed by atoms with E-state index in [1.165, 1.54) is 0 Å². The van der Waals surface area contributed by atoms with Crippen molar-refractivity contribution >= 4 is 0 Å². The minimum absolute atomic E-state index is 0.375. The van der Waals surface area contributed by atoms with Crippen LogP contribution in [0, 0.1) is 0 Å². The lowest BCUT2D eigenvalue weighted by Crippen LogP contribution is -1.47. The maximum atomic E-state index is 7.18. The fourth-order valence-corrected chi connectivity index (χ4v) is 0.442. The van der Waals surface area contributed by atoms with Gasteiger partial charge >= 0.3 is 0 Å². The Hall–Kier alpha value is 0. The van der Waals surface area contributed by atoms with E-state index in [0.717, 1.165) is 0 Å². The van der Waals surface area contributed by atoms with Crippen molar-refractivity contribution in [2.24, 2.45) is 0 Å². The van der Waals surface area contributed by atoms with E-state index in [9.17, 15) is 0 Å². The van der Waals surface area contributed by atoms with Gasteiger partial charge in [0.05, 0.1) is 0 Å². The molecule has 30 valence electrons. The van der Waals surface area contributed by atoms with E-state index in [0.29, 0.717) is 19.3 Å². The second-order valence-corrected chi connectivity index (χ2v) is 1.21. The van der Waals surface area contributed by atoms with Gasteiger partial charge in [-0.25, -0.2) is 0 Å². The van der Waals surface area contributed by atoms with Gasteiger partial charge in [0, 0.05) is 5.48 Å². The third-order valence-electron chi connectivity index (χ3n) is 0.729. The van der Waals surface area contributed by atoms with E-state index in [-0.39, 0.29) is 0 Å². The second kappa shape index (κ2) is 1.44. The first-order valence-electron chi connectivity index (χ1n) is 3.96. The summed E-state index contributed by atoms with van der Waals surface area (Å²) in [7, 11) is 0. The first-order chi connectivity index (χ1) is 3.96. The smallest absolute Gasteiger partial charge is 0.0267 e. The summed E-state index contributed by atoms with van der Waals surface area (Å²) < 4.78 is 28.7. The highest BCUT2D eigenvalue weighted by molar-refractivity contribution is 4.51. The fourth-order valence-electron chi connectivity index (χ4n) is 0.442. The molecule has 0 N–H and O–H groups in total. The highest BCUT2D eigenvalue weighted by Crippen LogP contribution is 2.15. The van der Waals surface area contributed by atoms with Crippen LogP contribution in [-0.4, -0.2) is 0 Å². The molecule has 0 nitrogen and oxygen atoms in total. The third kappa shape index (κ3) is 0.640. The van der Waals surface area contributed by atoms with Crippen LogP contribution in [0.1, 0.15) is 37.5 Å². The Bertz CT molecular complexity index is 104. The van der Waals surface area contributed by atoms with Gasteiger partial charge < -0.3 is 0 Å². The van der Waals surface area contributed by atoms with Crippen LogP contribution in [0.15, 0.2) is 0 Å². The summed E-state index contributed by atoms with van der Waals surface area (Å²) in [5.74, 6) is 0. The summed E-state index contributed by atoms with van der Waals surface area (Å²) in [4.78, 5) is 0. The van der Waals surface area contributed by atoms with Gasteiger partial charge in [-0.05, 0) is 0 Å². The molecule has 0 heteroatoms. The van der Waals surface area contributed by atoms with Gasteiger partial charge in [-0.15, -0.1) is 0 Å². The summed E-state index contributed by atoms with van der Waals surface area (Å²) >= 11 is 0. The van der Waals surface area contributed by atoms with Gasteiger partial charge in [0.25, 0.3) is 0 Å². The van der Waals surface area contributed by atoms with Gasteiger partial charge in [-0.2, -0.15) is 0 Å². The van der Waals surface area contributed by atoms with Crippen LogP contribution in [0.2, 0.25) is 0 Å². The average Bonchev–Trinajstić information content (AvgIpc) is 1.81. The molecule has 1 aliphatic carbocycles. The molecule has 0 saturated heterocycles. The Balaban J connectivity index is 2.75. The zero-order valence-corrected chi connectivity index (χ0v) is 3.12. The van der Waals surface area contributed by atoms with Gasteiger partial charge in [0.15, 0.2) is 0 Å². The molecule has 0 radical (unpaired) electrons. The minimum Gasteiger partial charge on any atom is -0.0533 e. The zero-order valence-electron chi connectivity index (χ0n) is 7.12. The molecule has 1 saturated carbocycles. The van der Waals surface area contributed by atoms with Crippen LogP contribution >= 0.6 is 0 Å². The van der Waals surface area contributed by atoms with Crippen molar-refractivity contribution in [2.45, 2.75) is 32.0 Å². The highest BCUT2D eigenvalue weighted by Gasteiger charge is 1.95. The lowest BCUT2D eigenvalue weighted by molar-refractivity contribution is 0.886. The van der Waals surface area contributed by atoms with E-state index in [1.807, 2.05) is 0 Å². The summed E-state index contributed by atoms with van der Waals surface area (Å²) in [6, 6.07) is 0. The molecule has 0 aromatic heterocycles. The largest absolute Gasteiger partial charge is 0.0533 e. The molecule has 1 fully saturated rings. The molecule has 0 bridgehead atoms. The molecule has 0 spiro atoms. The van der Waals surface area contributed by atoms with Gasteiger partial charge in [0.2, 0.25) is 0 Å². The fraction of sp³-hybridized carbons (Fsp3) is 1.00. The van der Waals surface area contributed by atoms with Crippen molar-refractivity contribution < 1.29 is 5.48 Å². The van der Waals surface area contributed by atoms with E-state index in [2.05, 4.69) is 0 Å². The van der Waals surface area contributed by atoms with E-state index in [4.69, 9.17) is 5.48 Å².